The maximum atomic E-state index is 8.94. The van der Waals surface area contributed by atoms with Gasteiger partial charge < -0.3 is 15.3 Å². The van der Waals surface area contributed by atoms with Crippen molar-refractivity contribution in [2.75, 3.05) is 56.1 Å². The molecule has 1 aromatic heterocycles. The first-order valence-corrected chi connectivity index (χ1v) is 6.62. The Morgan fingerprint density at radius 3 is 2.68 bits per heavy atom. The predicted octanol–water partition coefficient (Wildman–Crippen LogP) is 1.05. The topological polar surface area (TPSA) is 51.6 Å². The summed E-state index contributed by atoms with van der Waals surface area (Å²) < 4.78 is 0. The Labute approximate surface area is 121 Å². The molecule has 0 saturated carbocycles. The van der Waals surface area contributed by atoms with E-state index in [0.29, 0.717) is 0 Å². The Morgan fingerprint density at radius 2 is 2.05 bits per heavy atom. The minimum Gasteiger partial charge on any atom is -0.395 e. The molecule has 0 aromatic carbocycles. The van der Waals surface area contributed by atoms with Crippen LogP contribution in [0, 0.1) is 0 Å². The molecule has 0 amide bonds. The summed E-state index contributed by atoms with van der Waals surface area (Å²) in [4.78, 5) is 9.08. The number of halogens is 1. The summed E-state index contributed by atoms with van der Waals surface area (Å²) >= 11 is 0. The molecule has 1 aromatic rings. The van der Waals surface area contributed by atoms with Crippen molar-refractivity contribution >= 4 is 23.9 Å². The lowest BCUT2D eigenvalue weighted by atomic mass is 10.2. The third kappa shape index (κ3) is 4.23. The fraction of sp³-hybridized carbons (Fsp3) is 0.615. The van der Waals surface area contributed by atoms with Gasteiger partial charge in [-0.3, -0.25) is 4.90 Å². The van der Waals surface area contributed by atoms with E-state index in [2.05, 4.69) is 33.1 Å². The predicted molar refractivity (Wildman–Crippen MR) is 81.4 cm³/mol. The number of aromatic nitrogens is 1. The van der Waals surface area contributed by atoms with Crippen molar-refractivity contribution in [1.82, 2.24) is 9.88 Å². The van der Waals surface area contributed by atoms with Gasteiger partial charge in [0.25, 0.3) is 0 Å². The number of nitrogens with one attached hydrogen (secondary N) is 1. The number of aliphatic hydroxyl groups excluding tert-OH is 1. The van der Waals surface area contributed by atoms with E-state index in [-0.39, 0.29) is 19.0 Å². The highest BCUT2D eigenvalue weighted by Gasteiger charge is 2.19. The van der Waals surface area contributed by atoms with Crippen molar-refractivity contribution in [1.29, 1.82) is 0 Å². The average molecular weight is 287 g/mol. The number of nitrogens with zero attached hydrogens (tertiary/aromatic N) is 3. The zero-order chi connectivity index (χ0) is 12.8. The Bertz CT molecular complexity index is 369. The van der Waals surface area contributed by atoms with Gasteiger partial charge in [-0.1, -0.05) is 0 Å². The van der Waals surface area contributed by atoms with Gasteiger partial charge in [-0.15, -0.1) is 12.4 Å². The number of aliphatic hydroxyl groups is 1. The Morgan fingerprint density at radius 1 is 1.32 bits per heavy atom. The van der Waals surface area contributed by atoms with Gasteiger partial charge in [-0.2, -0.15) is 0 Å². The SMILES string of the molecule is CCNc1cccnc1N1CCN(CCO)CC1.Cl. The molecular weight excluding hydrogens is 264 g/mol. The Hall–Kier alpha value is -1.04. The van der Waals surface area contributed by atoms with Gasteiger partial charge in [-0.05, 0) is 19.1 Å². The summed E-state index contributed by atoms with van der Waals surface area (Å²) in [7, 11) is 0. The van der Waals surface area contributed by atoms with Gasteiger partial charge in [-0.25, -0.2) is 4.98 Å². The van der Waals surface area contributed by atoms with Crippen LogP contribution in [0.4, 0.5) is 11.5 Å². The fourth-order valence-corrected chi connectivity index (χ4v) is 2.30. The van der Waals surface area contributed by atoms with E-state index >= 15 is 0 Å². The monoisotopic (exact) mass is 286 g/mol. The summed E-state index contributed by atoms with van der Waals surface area (Å²) in [6, 6.07) is 4.04. The Balaban J connectivity index is 0.00000180. The molecule has 1 fully saturated rings. The summed E-state index contributed by atoms with van der Waals surface area (Å²) in [6.45, 7) is 7.93. The molecule has 1 aliphatic heterocycles. The minimum absolute atomic E-state index is 0. The van der Waals surface area contributed by atoms with Crippen LogP contribution in [0.15, 0.2) is 18.3 Å². The summed E-state index contributed by atoms with van der Waals surface area (Å²) in [6.07, 6.45) is 1.84. The van der Waals surface area contributed by atoms with Crippen molar-refractivity contribution < 1.29 is 5.11 Å². The van der Waals surface area contributed by atoms with E-state index in [1.807, 2.05) is 12.3 Å². The largest absolute Gasteiger partial charge is 0.395 e. The van der Waals surface area contributed by atoms with Crippen molar-refractivity contribution in [3.63, 3.8) is 0 Å². The lowest BCUT2D eigenvalue weighted by Gasteiger charge is -2.35. The number of rotatable bonds is 5. The molecule has 0 bridgehead atoms. The number of anilines is 2. The van der Waals surface area contributed by atoms with E-state index in [0.717, 1.165) is 50.8 Å². The first kappa shape index (κ1) is 16.0. The highest BCUT2D eigenvalue weighted by Crippen LogP contribution is 2.23. The second-order valence-electron chi connectivity index (χ2n) is 4.46. The zero-order valence-corrected chi connectivity index (χ0v) is 12.2. The van der Waals surface area contributed by atoms with Crippen LogP contribution in [0.2, 0.25) is 0 Å². The van der Waals surface area contributed by atoms with Crippen molar-refractivity contribution in [2.24, 2.45) is 0 Å². The highest BCUT2D eigenvalue weighted by molar-refractivity contribution is 5.85. The van der Waals surface area contributed by atoms with Crippen LogP contribution in [0.1, 0.15) is 6.92 Å². The number of piperazine rings is 1. The number of hydrogen-bond donors (Lipinski definition) is 2. The standard InChI is InChI=1S/C13H22N4O.ClH/c1-2-14-12-4-3-5-15-13(12)17-8-6-16(7-9-17)10-11-18;/h3-5,14,18H,2,6-11H2,1H3;1H. The average Bonchev–Trinajstić information content (AvgIpc) is 2.41. The molecule has 0 radical (unpaired) electrons. The molecule has 0 atom stereocenters. The quantitative estimate of drug-likeness (QED) is 0.847. The van der Waals surface area contributed by atoms with Gasteiger partial charge >= 0.3 is 0 Å². The number of hydrogen-bond acceptors (Lipinski definition) is 5. The van der Waals surface area contributed by atoms with Crippen LogP contribution < -0.4 is 10.2 Å². The maximum absolute atomic E-state index is 8.94. The third-order valence-corrected chi connectivity index (χ3v) is 3.24. The van der Waals surface area contributed by atoms with Crippen LogP contribution in [-0.4, -0.2) is 60.9 Å². The van der Waals surface area contributed by atoms with Gasteiger partial charge in [0.1, 0.15) is 0 Å². The minimum atomic E-state index is 0. The van der Waals surface area contributed by atoms with E-state index in [1.54, 1.807) is 0 Å². The number of β-amino-alcohol motifs (C(OH)–C–C–N with tert-alkyl or cyclic N) is 1. The third-order valence-electron chi connectivity index (χ3n) is 3.24. The molecule has 6 heteroatoms. The van der Waals surface area contributed by atoms with E-state index < -0.39 is 0 Å². The van der Waals surface area contributed by atoms with E-state index in [9.17, 15) is 0 Å². The van der Waals surface area contributed by atoms with E-state index in [4.69, 9.17) is 5.11 Å². The summed E-state index contributed by atoms with van der Waals surface area (Å²) in [5, 5.41) is 12.3. The molecule has 0 unspecified atom stereocenters. The summed E-state index contributed by atoms with van der Waals surface area (Å²) in [5.74, 6) is 1.04. The van der Waals surface area contributed by atoms with Crippen LogP contribution in [0.5, 0.6) is 0 Å². The molecule has 0 spiro atoms. The molecule has 5 nitrogen and oxygen atoms in total. The molecule has 1 aliphatic rings. The first-order valence-electron chi connectivity index (χ1n) is 6.62. The molecule has 2 heterocycles. The molecule has 0 aliphatic carbocycles. The smallest absolute Gasteiger partial charge is 0.152 e. The zero-order valence-electron chi connectivity index (χ0n) is 11.4. The second-order valence-corrected chi connectivity index (χ2v) is 4.46. The van der Waals surface area contributed by atoms with Gasteiger partial charge in [0.05, 0.1) is 12.3 Å². The molecule has 1 saturated heterocycles. The molecule has 2 rings (SSSR count). The van der Waals surface area contributed by atoms with Crippen molar-refractivity contribution in [3.8, 4) is 0 Å². The molecular formula is C13H23ClN4O. The number of pyridine rings is 1. The molecule has 2 N–H and O–H groups in total. The summed E-state index contributed by atoms with van der Waals surface area (Å²) in [5.41, 5.74) is 1.11. The van der Waals surface area contributed by atoms with Gasteiger partial charge in [0.15, 0.2) is 5.82 Å². The molecule has 19 heavy (non-hydrogen) atoms. The van der Waals surface area contributed by atoms with Crippen molar-refractivity contribution in [2.45, 2.75) is 6.92 Å². The normalized spacial score (nSPS) is 16.0. The van der Waals surface area contributed by atoms with Crippen LogP contribution >= 0.6 is 12.4 Å². The van der Waals surface area contributed by atoms with Crippen LogP contribution in [0.25, 0.3) is 0 Å². The first-order chi connectivity index (χ1) is 8.85. The van der Waals surface area contributed by atoms with Crippen LogP contribution in [-0.2, 0) is 0 Å². The van der Waals surface area contributed by atoms with Crippen LogP contribution in [0.3, 0.4) is 0 Å². The lowest BCUT2D eigenvalue weighted by Crippen LogP contribution is -2.47. The van der Waals surface area contributed by atoms with Crippen molar-refractivity contribution in [3.05, 3.63) is 18.3 Å². The highest BCUT2D eigenvalue weighted by atomic mass is 35.5. The fourth-order valence-electron chi connectivity index (χ4n) is 2.30. The Kier molecular flexibility index (Phi) is 6.91. The molecule has 108 valence electrons. The van der Waals surface area contributed by atoms with Gasteiger partial charge in [0.2, 0.25) is 0 Å². The van der Waals surface area contributed by atoms with E-state index in [1.165, 1.54) is 0 Å². The van der Waals surface area contributed by atoms with Gasteiger partial charge in [0, 0.05) is 45.5 Å². The maximum Gasteiger partial charge on any atom is 0.152 e. The second kappa shape index (κ2) is 8.19. The lowest BCUT2D eigenvalue weighted by molar-refractivity contribution is 0.188.